The number of carbonyl (C=O) groups excluding carboxylic acids is 4. The number of hydrogen-bond acceptors (Lipinski definition) is 4. The largest absolute Gasteiger partial charge is 0.354 e. The fraction of sp³-hybridized carbons (Fsp3) is 0.520. The zero-order valence-electron chi connectivity index (χ0n) is 19.4. The van der Waals surface area contributed by atoms with Crippen LogP contribution in [0.3, 0.4) is 0 Å². The van der Waals surface area contributed by atoms with Crippen molar-refractivity contribution in [3.63, 3.8) is 0 Å². The summed E-state index contributed by atoms with van der Waals surface area (Å²) in [5.74, 6) is -2.18. The first-order valence-corrected chi connectivity index (χ1v) is 11.5. The van der Waals surface area contributed by atoms with Gasteiger partial charge in [0.1, 0.15) is 11.9 Å². The van der Waals surface area contributed by atoms with E-state index in [0.717, 1.165) is 0 Å². The van der Waals surface area contributed by atoms with Crippen LogP contribution < -0.4 is 5.32 Å². The first-order chi connectivity index (χ1) is 15.7. The van der Waals surface area contributed by atoms with Gasteiger partial charge in [-0.2, -0.15) is 0 Å². The molecule has 0 bridgehead atoms. The zero-order chi connectivity index (χ0) is 24.1. The van der Waals surface area contributed by atoms with Crippen molar-refractivity contribution >= 4 is 23.6 Å². The molecule has 4 amide bonds. The summed E-state index contributed by atoms with van der Waals surface area (Å²) in [5, 5.41) is 2.81. The van der Waals surface area contributed by atoms with E-state index >= 15 is 0 Å². The van der Waals surface area contributed by atoms with Gasteiger partial charge >= 0.3 is 0 Å². The second-order valence-corrected chi connectivity index (χ2v) is 9.16. The molecule has 0 saturated carbocycles. The summed E-state index contributed by atoms with van der Waals surface area (Å²) in [6, 6.07) is 5.26. The van der Waals surface area contributed by atoms with Gasteiger partial charge < -0.3 is 10.2 Å². The number of benzene rings is 1. The van der Waals surface area contributed by atoms with Crippen LogP contribution in [0.15, 0.2) is 36.4 Å². The quantitative estimate of drug-likeness (QED) is 0.456. The highest BCUT2D eigenvalue weighted by Gasteiger charge is 2.47. The van der Waals surface area contributed by atoms with Crippen LogP contribution in [-0.2, 0) is 25.7 Å². The number of nitrogens with one attached hydrogen (secondary N) is 1. The molecule has 1 aromatic carbocycles. The molecule has 7 nitrogen and oxygen atoms in total. The number of rotatable bonds is 9. The summed E-state index contributed by atoms with van der Waals surface area (Å²) < 4.78 is 14.3. The molecule has 33 heavy (non-hydrogen) atoms. The number of carbonyl (C=O) groups is 4. The molecular weight excluding hydrogens is 425 g/mol. The summed E-state index contributed by atoms with van der Waals surface area (Å²) in [5.41, 5.74) is 0.291. The lowest BCUT2D eigenvalue weighted by atomic mass is 9.85. The molecule has 1 aliphatic carbocycles. The van der Waals surface area contributed by atoms with E-state index in [4.69, 9.17) is 0 Å². The van der Waals surface area contributed by atoms with Crippen molar-refractivity contribution in [2.24, 2.45) is 17.8 Å². The van der Waals surface area contributed by atoms with Gasteiger partial charge in [-0.3, -0.25) is 24.1 Å². The normalized spacial score (nSPS) is 20.7. The molecule has 1 N–H and O–H groups in total. The van der Waals surface area contributed by atoms with Gasteiger partial charge in [0.05, 0.1) is 11.8 Å². The van der Waals surface area contributed by atoms with Crippen molar-refractivity contribution < 1.29 is 23.6 Å². The van der Waals surface area contributed by atoms with Crippen LogP contribution in [-0.4, -0.2) is 52.6 Å². The maximum Gasteiger partial charge on any atom is 0.242 e. The van der Waals surface area contributed by atoms with Gasteiger partial charge in [-0.25, -0.2) is 4.39 Å². The summed E-state index contributed by atoms with van der Waals surface area (Å²) in [4.78, 5) is 53.7. The monoisotopic (exact) mass is 457 g/mol. The maximum absolute atomic E-state index is 14.3. The summed E-state index contributed by atoms with van der Waals surface area (Å²) in [6.45, 7) is 5.85. The van der Waals surface area contributed by atoms with E-state index in [2.05, 4.69) is 5.32 Å². The van der Waals surface area contributed by atoms with E-state index in [-0.39, 0.29) is 55.0 Å². The minimum Gasteiger partial charge on any atom is -0.354 e. The van der Waals surface area contributed by atoms with Crippen molar-refractivity contribution in [3.05, 3.63) is 47.8 Å². The average Bonchev–Trinajstić information content (AvgIpc) is 3.04. The van der Waals surface area contributed by atoms with E-state index in [1.807, 2.05) is 26.0 Å². The number of amides is 4. The highest BCUT2D eigenvalue weighted by atomic mass is 19.1. The number of halogens is 1. The van der Waals surface area contributed by atoms with E-state index in [1.165, 1.54) is 15.9 Å². The number of imide groups is 1. The van der Waals surface area contributed by atoms with Crippen molar-refractivity contribution in [1.82, 2.24) is 15.1 Å². The van der Waals surface area contributed by atoms with Gasteiger partial charge in [-0.1, -0.05) is 44.2 Å². The predicted octanol–water partition coefficient (Wildman–Crippen LogP) is 2.66. The van der Waals surface area contributed by atoms with E-state index < -0.39 is 17.8 Å². The Morgan fingerprint density at radius 3 is 2.27 bits per heavy atom. The molecule has 2 aliphatic rings. The van der Waals surface area contributed by atoms with Crippen molar-refractivity contribution in [2.75, 3.05) is 13.1 Å². The van der Waals surface area contributed by atoms with E-state index in [0.29, 0.717) is 24.9 Å². The molecule has 3 rings (SSSR count). The predicted molar refractivity (Wildman–Crippen MR) is 121 cm³/mol. The Balaban J connectivity index is 1.71. The van der Waals surface area contributed by atoms with Gasteiger partial charge in [-0.15, -0.1) is 0 Å². The first-order valence-electron chi connectivity index (χ1n) is 11.5. The maximum atomic E-state index is 14.3. The van der Waals surface area contributed by atoms with E-state index in [9.17, 15) is 23.6 Å². The second kappa shape index (κ2) is 10.7. The number of fused-ring (bicyclic) bond motifs is 1. The van der Waals surface area contributed by atoms with Gasteiger partial charge in [-0.05, 0) is 31.7 Å². The lowest BCUT2D eigenvalue weighted by Gasteiger charge is -2.29. The molecular formula is C25H32FN3O4. The molecule has 0 radical (unpaired) electrons. The molecule has 1 saturated heterocycles. The highest BCUT2D eigenvalue weighted by Crippen LogP contribution is 2.35. The number of likely N-dealkylation sites (tertiary alicyclic amines) is 1. The van der Waals surface area contributed by atoms with Crippen molar-refractivity contribution in [3.8, 4) is 0 Å². The second-order valence-electron chi connectivity index (χ2n) is 9.16. The van der Waals surface area contributed by atoms with Crippen LogP contribution in [0.5, 0.6) is 0 Å². The Bertz CT molecular complexity index is 919. The lowest BCUT2D eigenvalue weighted by molar-refractivity contribution is -0.143. The Morgan fingerprint density at radius 1 is 1.09 bits per heavy atom. The molecule has 0 aromatic heterocycles. The molecule has 1 aliphatic heterocycles. The number of allylic oxidation sites excluding steroid dienone is 2. The standard InChI is InChI=1S/C25H32FN3O4/c1-16(2)14-27-23(31)17(3)29(15-18-8-4-7-11-21(18)26)22(30)12-13-28-24(32)19-9-5-6-10-20(19)25(28)33/h4-8,11,16-17,19-20H,9-10,12-15H2,1-3H3,(H,27,31)/t17-,19-,20+/m0/s1. The van der Waals surface area contributed by atoms with Gasteiger partial charge in [0, 0.05) is 31.6 Å². The van der Waals surface area contributed by atoms with Gasteiger partial charge in [0.25, 0.3) is 0 Å². The lowest BCUT2D eigenvalue weighted by Crippen LogP contribution is -2.49. The minimum atomic E-state index is -0.840. The number of nitrogens with zero attached hydrogens (tertiary/aromatic N) is 2. The smallest absolute Gasteiger partial charge is 0.242 e. The van der Waals surface area contributed by atoms with Gasteiger partial charge in [0.2, 0.25) is 23.6 Å². The Morgan fingerprint density at radius 2 is 1.70 bits per heavy atom. The van der Waals surface area contributed by atoms with Crippen molar-refractivity contribution in [1.29, 1.82) is 0 Å². The average molecular weight is 458 g/mol. The molecule has 1 heterocycles. The summed E-state index contributed by atoms with van der Waals surface area (Å²) in [6.07, 6.45) is 4.77. The molecule has 1 fully saturated rings. The third kappa shape index (κ3) is 5.67. The molecule has 3 atom stereocenters. The SMILES string of the molecule is CC(C)CNC(=O)[C@H](C)N(Cc1ccccc1F)C(=O)CCN1C(=O)[C@H]2CC=CC[C@H]2C1=O. The fourth-order valence-corrected chi connectivity index (χ4v) is 4.29. The van der Waals surface area contributed by atoms with Crippen molar-refractivity contribution in [2.45, 2.75) is 52.6 Å². The molecule has 0 spiro atoms. The third-order valence-electron chi connectivity index (χ3n) is 6.30. The van der Waals surface area contributed by atoms with Crippen LogP contribution in [0.4, 0.5) is 4.39 Å². The molecule has 0 unspecified atom stereocenters. The Hall–Kier alpha value is -3.03. The zero-order valence-corrected chi connectivity index (χ0v) is 19.4. The topological polar surface area (TPSA) is 86.8 Å². The Kier molecular flexibility index (Phi) is 8.00. The van der Waals surface area contributed by atoms with Crippen LogP contribution in [0, 0.1) is 23.6 Å². The van der Waals surface area contributed by atoms with Crippen LogP contribution >= 0.6 is 0 Å². The highest BCUT2D eigenvalue weighted by molar-refractivity contribution is 6.05. The summed E-state index contributed by atoms with van der Waals surface area (Å²) >= 11 is 0. The first kappa shape index (κ1) is 24.6. The van der Waals surface area contributed by atoms with E-state index in [1.54, 1.807) is 25.1 Å². The minimum absolute atomic E-state index is 0.0440. The fourth-order valence-electron chi connectivity index (χ4n) is 4.29. The Labute approximate surface area is 194 Å². The third-order valence-corrected chi connectivity index (χ3v) is 6.30. The van der Waals surface area contributed by atoms with Gasteiger partial charge in [0.15, 0.2) is 0 Å². The van der Waals surface area contributed by atoms with Crippen LogP contribution in [0.25, 0.3) is 0 Å². The van der Waals surface area contributed by atoms with Crippen LogP contribution in [0.2, 0.25) is 0 Å². The number of hydrogen-bond donors (Lipinski definition) is 1. The summed E-state index contributed by atoms with van der Waals surface area (Å²) in [7, 11) is 0. The molecule has 1 aromatic rings. The van der Waals surface area contributed by atoms with Crippen LogP contribution in [0.1, 0.15) is 45.6 Å². The molecule has 178 valence electrons. The molecule has 8 heteroatoms.